The van der Waals surface area contributed by atoms with Gasteiger partial charge in [0, 0.05) is 44.5 Å². The van der Waals surface area contributed by atoms with Crippen molar-refractivity contribution in [1.29, 1.82) is 0 Å². The molecule has 0 amide bonds. The monoisotopic (exact) mass is 779 g/mol. The summed E-state index contributed by atoms with van der Waals surface area (Å²) in [4.78, 5) is 10.5. The molecule has 0 aliphatic carbocycles. The van der Waals surface area contributed by atoms with E-state index >= 15 is 0 Å². The Balaban J connectivity index is 1.11. The highest BCUT2D eigenvalue weighted by Crippen LogP contribution is 2.43. The molecule has 5 nitrogen and oxygen atoms in total. The normalized spacial score (nSPS) is 11.6. The highest BCUT2D eigenvalue weighted by molar-refractivity contribution is 6.15. The smallest absolute Gasteiger partial charge is 0.145 e. The van der Waals surface area contributed by atoms with Gasteiger partial charge in [-0.2, -0.15) is 0 Å². The highest BCUT2D eigenvalue weighted by Gasteiger charge is 2.21. The van der Waals surface area contributed by atoms with Crippen LogP contribution in [-0.2, 0) is 0 Å². The van der Waals surface area contributed by atoms with Gasteiger partial charge in [0.05, 0.1) is 33.1 Å². The standard InChI is InChI=1S/C56H37N5/c1-4-22-43(23-5-1)59-51-31-13-10-28-46(51)48-37-42(38-18-16-20-40(34-38)55-57-49-29-11-14-32-52(49)60(55)44-24-6-2-7-25-44)36-47(54(48)59)39-19-17-21-41(35-39)56-58-50-30-12-15-33-53(50)61(56)45-26-8-3-9-27-45/h1-37H. The second-order valence-corrected chi connectivity index (χ2v) is 15.5. The second kappa shape index (κ2) is 14.2. The maximum absolute atomic E-state index is 5.25. The van der Waals surface area contributed by atoms with Gasteiger partial charge in [-0.1, -0.05) is 133 Å². The maximum atomic E-state index is 5.25. The van der Waals surface area contributed by atoms with Crippen LogP contribution in [0.1, 0.15) is 0 Å². The average Bonchev–Trinajstić information content (AvgIpc) is 4.03. The van der Waals surface area contributed by atoms with E-state index in [4.69, 9.17) is 9.97 Å². The van der Waals surface area contributed by atoms with E-state index in [1.54, 1.807) is 0 Å². The van der Waals surface area contributed by atoms with Crippen LogP contribution in [0.5, 0.6) is 0 Å². The van der Waals surface area contributed by atoms with Gasteiger partial charge in [0.1, 0.15) is 11.6 Å². The first-order valence-corrected chi connectivity index (χ1v) is 20.7. The first-order chi connectivity index (χ1) is 30.3. The van der Waals surface area contributed by atoms with Gasteiger partial charge >= 0.3 is 0 Å². The van der Waals surface area contributed by atoms with Crippen molar-refractivity contribution in [2.24, 2.45) is 0 Å². The predicted octanol–water partition coefficient (Wildman–Crippen LogP) is 14.1. The van der Waals surface area contributed by atoms with Crippen molar-refractivity contribution in [3.8, 4) is 62.1 Å². The Labute approximate surface area is 352 Å². The van der Waals surface area contributed by atoms with Crippen LogP contribution in [0, 0.1) is 0 Å². The number of hydrogen-bond donors (Lipinski definition) is 0. The molecule has 0 fully saturated rings. The fraction of sp³-hybridized carbons (Fsp3) is 0. The van der Waals surface area contributed by atoms with E-state index in [0.717, 1.165) is 95.2 Å². The van der Waals surface area contributed by atoms with E-state index in [1.807, 2.05) is 0 Å². The third kappa shape index (κ3) is 5.78. The molecule has 0 saturated heterocycles. The number of benzene rings is 9. The van der Waals surface area contributed by atoms with E-state index in [1.165, 1.54) is 10.8 Å². The van der Waals surface area contributed by atoms with Crippen LogP contribution in [0.4, 0.5) is 0 Å². The van der Waals surface area contributed by atoms with Crippen molar-refractivity contribution in [2.75, 3.05) is 0 Å². The number of imidazole rings is 2. The molecule has 9 aromatic carbocycles. The average molecular weight is 780 g/mol. The molecule has 0 spiro atoms. The van der Waals surface area contributed by atoms with E-state index in [9.17, 15) is 0 Å². The molecule has 0 unspecified atom stereocenters. The molecular formula is C56H37N5. The predicted molar refractivity (Wildman–Crippen MR) is 252 cm³/mol. The Morgan fingerprint density at radius 3 is 1.30 bits per heavy atom. The van der Waals surface area contributed by atoms with Crippen molar-refractivity contribution < 1.29 is 0 Å². The molecule has 0 bridgehead atoms. The van der Waals surface area contributed by atoms with Gasteiger partial charge in [0.2, 0.25) is 0 Å². The number of rotatable bonds is 7. The van der Waals surface area contributed by atoms with Crippen molar-refractivity contribution in [3.05, 3.63) is 224 Å². The maximum Gasteiger partial charge on any atom is 0.145 e. The molecule has 0 atom stereocenters. The van der Waals surface area contributed by atoms with Gasteiger partial charge < -0.3 is 4.57 Å². The second-order valence-electron chi connectivity index (χ2n) is 15.5. The molecule has 0 N–H and O–H groups in total. The third-order valence-corrected chi connectivity index (χ3v) is 11.8. The lowest BCUT2D eigenvalue weighted by molar-refractivity contribution is 1.10. The Hall–Kier alpha value is -8.28. The van der Waals surface area contributed by atoms with Gasteiger partial charge in [0.15, 0.2) is 0 Å². The van der Waals surface area contributed by atoms with Crippen molar-refractivity contribution in [2.45, 2.75) is 0 Å². The first kappa shape index (κ1) is 34.7. The summed E-state index contributed by atoms with van der Waals surface area (Å²) in [5, 5.41) is 2.39. The van der Waals surface area contributed by atoms with E-state index in [2.05, 4.69) is 238 Å². The lowest BCUT2D eigenvalue weighted by atomic mass is 9.93. The fourth-order valence-corrected chi connectivity index (χ4v) is 9.11. The zero-order valence-electron chi connectivity index (χ0n) is 33.1. The summed E-state index contributed by atoms with van der Waals surface area (Å²) >= 11 is 0. The number of aromatic nitrogens is 5. The summed E-state index contributed by atoms with van der Waals surface area (Å²) in [6, 6.07) is 79.8. The van der Waals surface area contributed by atoms with Gasteiger partial charge in [-0.25, -0.2) is 9.97 Å². The largest absolute Gasteiger partial charge is 0.309 e. The lowest BCUT2D eigenvalue weighted by Crippen LogP contribution is -1.98. The van der Waals surface area contributed by atoms with Gasteiger partial charge in [0.25, 0.3) is 0 Å². The topological polar surface area (TPSA) is 40.6 Å². The molecular weight excluding hydrogens is 743 g/mol. The van der Waals surface area contributed by atoms with Crippen LogP contribution in [0.15, 0.2) is 224 Å². The van der Waals surface area contributed by atoms with Gasteiger partial charge in [-0.05, 0) is 108 Å². The van der Waals surface area contributed by atoms with Crippen LogP contribution in [0.3, 0.4) is 0 Å². The summed E-state index contributed by atoms with van der Waals surface area (Å²) in [5.74, 6) is 1.81. The van der Waals surface area contributed by atoms with Crippen molar-refractivity contribution in [3.63, 3.8) is 0 Å². The molecule has 286 valence electrons. The van der Waals surface area contributed by atoms with Crippen LogP contribution < -0.4 is 0 Å². The summed E-state index contributed by atoms with van der Waals surface area (Å²) in [6.45, 7) is 0. The van der Waals surface area contributed by atoms with Crippen LogP contribution in [-0.4, -0.2) is 23.7 Å². The number of nitrogens with zero attached hydrogens (tertiary/aromatic N) is 5. The first-order valence-electron chi connectivity index (χ1n) is 20.7. The number of hydrogen-bond acceptors (Lipinski definition) is 2. The Morgan fingerprint density at radius 1 is 0.279 bits per heavy atom. The fourth-order valence-electron chi connectivity index (χ4n) is 9.11. The molecule has 5 heteroatoms. The Morgan fingerprint density at radius 2 is 0.721 bits per heavy atom. The Bertz CT molecular complexity index is 3580. The molecule has 0 aliphatic rings. The molecule has 61 heavy (non-hydrogen) atoms. The minimum Gasteiger partial charge on any atom is -0.309 e. The lowest BCUT2D eigenvalue weighted by Gasteiger charge is -2.15. The zero-order chi connectivity index (χ0) is 40.3. The van der Waals surface area contributed by atoms with E-state index in [-0.39, 0.29) is 0 Å². The third-order valence-electron chi connectivity index (χ3n) is 11.8. The summed E-state index contributed by atoms with van der Waals surface area (Å²) in [7, 11) is 0. The SMILES string of the molecule is c1ccc(-n2c(-c3cccc(-c4cc(-c5cccc(-c6nc7ccccc7n6-c6ccccc6)c5)c5c(c4)c4ccccc4n5-c4ccccc4)c3)nc3ccccc32)cc1. The summed E-state index contributed by atoms with van der Waals surface area (Å²) < 4.78 is 6.97. The Kier molecular flexibility index (Phi) is 8.10. The molecule has 0 saturated carbocycles. The van der Waals surface area contributed by atoms with Crippen molar-refractivity contribution >= 4 is 43.9 Å². The number of fused-ring (bicyclic) bond motifs is 5. The van der Waals surface area contributed by atoms with Gasteiger partial charge in [-0.15, -0.1) is 0 Å². The molecule has 0 aliphatic heterocycles. The summed E-state index contributed by atoms with van der Waals surface area (Å²) in [6.07, 6.45) is 0. The highest BCUT2D eigenvalue weighted by atomic mass is 15.1. The van der Waals surface area contributed by atoms with Crippen molar-refractivity contribution in [1.82, 2.24) is 23.7 Å². The quantitative estimate of drug-likeness (QED) is 0.162. The molecule has 12 rings (SSSR count). The molecule has 3 aromatic heterocycles. The minimum atomic E-state index is 0.902. The molecule has 0 radical (unpaired) electrons. The van der Waals surface area contributed by atoms with Crippen LogP contribution in [0.2, 0.25) is 0 Å². The minimum absolute atomic E-state index is 0.902. The zero-order valence-corrected chi connectivity index (χ0v) is 33.1. The molecule has 3 heterocycles. The number of para-hydroxylation sites is 8. The van der Waals surface area contributed by atoms with Gasteiger partial charge in [-0.3, -0.25) is 9.13 Å². The molecule has 12 aromatic rings. The van der Waals surface area contributed by atoms with Crippen LogP contribution in [0.25, 0.3) is 106 Å². The van der Waals surface area contributed by atoms with Crippen LogP contribution >= 0.6 is 0 Å². The summed E-state index contributed by atoms with van der Waals surface area (Å²) in [5.41, 5.74) is 16.2. The van der Waals surface area contributed by atoms with E-state index < -0.39 is 0 Å². The van der Waals surface area contributed by atoms with E-state index in [0.29, 0.717) is 0 Å².